The largest absolute Gasteiger partial charge is 0.381 e. The molecule has 1 rings (SSSR count). The molecule has 0 saturated heterocycles. The molecule has 0 bridgehead atoms. The topological polar surface area (TPSA) is 35.8 Å². The fraction of sp³-hybridized carbons (Fsp3) is 0.500. The van der Waals surface area contributed by atoms with Gasteiger partial charge in [0.1, 0.15) is 6.07 Å². The fourth-order valence-electron chi connectivity index (χ4n) is 1.68. The fourth-order valence-corrected chi connectivity index (χ4v) is 1.68. The molecule has 1 aromatic carbocycles. The van der Waals surface area contributed by atoms with Crippen LogP contribution in [0, 0.1) is 24.2 Å². The lowest BCUT2D eigenvalue weighted by molar-refractivity contribution is 0.494. The number of nitrogens with zero attached hydrogens (tertiary/aromatic N) is 1. The Bertz CT molecular complexity index is 390. The van der Waals surface area contributed by atoms with E-state index in [2.05, 4.69) is 32.2 Å². The summed E-state index contributed by atoms with van der Waals surface area (Å²) in [7, 11) is 0. The van der Waals surface area contributed by atoms with Gasteiger partial charge < -0.3 is 5.32 Å². The van der Waals surface area contributed by atoms with E-state index in [4.69, 9.17) is 5.26 Å². The maximum Gasteiger partial charge on any atom is 0.101 e. The van der Waals surface area contributed by atoms with Gasteiger partial charge in [0.05, 0.1) is 11.3 Å². The number of rotatable bonds is 4. The zero-order chi connectivity index (χ0) is 12.1. The van der Waals surface area contributed by atoms with Gasteiger partial charge in [0.2, 0.25) is 0 Å². The highest BCUT2D eigenvalue weighted by Gasteiger charge is 2.13. The first-order valence-corrected chi connectivity index (χ1v) is 5.86. The number of hydrogen-bond acceptors (Lipinski definition) is 2. The lowest BCUT2D eigenvalue weighted by atomic mass is 9.99. The SMILES string of the molecule is CCC(C)C(C)Nc1c(C)cccc1C#N. The molecule has 86 valence electrons. The average Bonchev–Trinajstić information content (AvgIpc) is 2.30. The molecule has 0 aromatic heterocycles. The van der Waals surface area contributed by atoms with Crippen molar-refractivity contribution in [2.24, 2.45) is 5.92 Å². The van der Waals surface area contributed by atoms with E-state index >= 15 is 0 Å². The lowest BCUT2D eigenvalue weighted by Crippen LogP contribution is -2.24. The van der Waals surface area contributed by atoms with Crippen LogP contribution >= 0.6 is 0 Å². The number of hydrogen-bond donors (Lipinski definition) is 1. The van der Waals surface area contributed by atoms with Crippen LogP contribution in [0.15, 0.2) is 18.2 Å². The van der Waals surface area contributed by atoms with Gasteiger partial charge in [-0.2, -0.15) is 5.26 Å². The molecule has 0 aliphatic carbocycles. The van der Waals surface area contributed by atoms with E-state index in [1.54, 1.807) is 0 Å². The molecule has 0 spiro atoms. The predicted octanol–water partition coefficient (Wildman–Crippen LogP) is 3.71. The summed E-state index contributed by atoms with van der Waals surface area (Å²) >= 11 is 0. The van der Waals surface area contributed by atoms with Crippen LogP contribution in [0.1, 0.15) is 38.3 Å². The molecule has 2 atom stereocenters. The second-order valence-corrected chi connectivity index (χ2v) is 4.43. The van der Waals surface area contributed by atoms with Gasteiger partial charge in [0.15, 0.2) is 0 Å². The van der Waals surface area contributed by atoms with Gasteiger partial charge in [0.25, 0.3) is 0 Å². The van der Waals surface area contributed by atoms with Crippen molar-refractivity contribution in [2.75, 3.05) is 5.32 Å². The number of nitrogens with one attached hydrogen (secondary N) is 1. The average molecular weight is 216 g/mol. The second-order valence-electron chi connectivity index (χ2n) is 4.43. The highest BCUT2D eigenvalue weighted by molar-refractivity contribution is 5.62. The Morgan fingerprint density at radius 3 is 2.62 bits per heavy atom. The summed E-state index contributed by atoms with van der Waals surface area (Å²) in [4.78, 5) is 0. The first-order valence-electron chi connectivity index (χ1n) is 5.86. The highest BCUT2D eigenvalue weighted by atomic mass is 14.9. The Hall–Kier alpha value is -1.49. The van der Waals surface area contributed by atoms with Gasteiger partial charge in [0, 0.05) is 6.04 Å². The molecular formula is C14H20N2. The van der Waals surface area contributed by atoms with Gasteiger partial charge in [-0.15, -0.1) is 0 Å². The Morgan fingerprint density at radius 1 is 1.38 bits per heavy atom. The van der Waals surface area contributed by atoms with Crippen LogP contribution in [0.3, 0.4) is 0 Å². The number of anilines is 1. The molecule has 16 heavy (non-hydrogen) atoms. The zero-order valence-electron chi connectivity index (χ0n) is 10.5. The molecule has 2 unspecified atom stereocenters. The van der Waals surface area contributed by atoms with Crippen molar-refractivity contribution in [2.45, 2.75) is 40.2 Å². The quantitative estimate of drug-likeness (QED) is 0.832. The minimum Gasteiger partial charge on any atom is -0.381 e. The van der Waals surface area contributed by atoms with E-state index in [9.17, 15) is 0 Å². The Labute approximate surface area is 98.3 Å². The summed E-state index contributed by atoms with van der Waals surface area (Å²) in [6, 6.07) is 8.44. The van der Waals surface area contributed by atoms with Crippen LogP contribution in [-0.2, 0) is 0 Å². The van der Waals surface area contributed by atoms with Crippen LogP contribution < -0.4 is 5.32 Å². The van der Waals surface area contributed by atoms with Crippen molar-refractivity contribution in [3.05, 3.63) is 29.3 Å². The minimum absolute atomic E-state index is 0.387. The van der Waals surface area contributed by atoms with Crippen LogP contribution in [0.25, 0.3) is 0 Å². The summed E-state index contributed by atoms with van der Waals surface area (Å²) in [5.74, 6) is 0.603. The highest BCUT2D eigenvalue weighted by Crippen LogP contribution is 2.22. The molecule has 1 aromatic rings. The van der Waals surface area contributed by atoms with Crippen LogP contribution in [0.4, 0.5) is 5.69 Å². The van der Waals surface area contributed by atoms with Gasteiger partial charge in [-0.25, -0.2) is 0 Å². The first kappa shape index (κ1) is 12.6. The van der Waals surface area contributed by atoms with Gasteiger partial charge in [-0.05, 0) is 31.4 Å². The third-order valence-electron chi connectivity index (χ3n) is 3.26. The molecule has 0 amide bonds. The minimum atomic E-state index is 0.387. The van der Waals surface area contributed by atoms with Gasteiger partial charge in [-0.3, -0.25) is 0 Å². The third kappa shape index (κ3) is 2.76. The van der Waals surface area contributed by atoms with E-state index < -0.39 is 0 Å². The maximum atomic E-state index is 9.06. The molecule has 0 heterocycles. The van der Waals surface area contributed by atoms with E-state index in [-0.39, 0.29) is 0 Å². The Balaban J connectivity index is 2.93. The summed E-state index contributed by atoms with van der Waals surface area (Å²) in [5.41, 5.74) is 2.85. The zero-order valence-corrected chi connectivity index (χ0v) is 10.5. The molecule has 0 saturated carbocycles. The summed E-state index contributed by atoms with van der Waals surface area (Å²) in [6.45, 7) is 8.61. The standard InChI is InChI=1S/C14H20N2/c1-5-10(2)12(4)16-14-11(3)7-6-8-13(14)9-15/h6-8,10,12,16H,5H2,1-4H3. The number of benzene rings is 1. The molecular weight excluding hydrogens is 196 g/mol. The summed E-state index contributed by atoms with van der Waals surface area (Å²) < 4.78 is 0. The van der Waals surface area contributed by atoms with Crippen molar-refractivity contribution in [3.8, 4) is 6.07 Å². The second kappa shape index (κ2) is 5.55. The monoisotopic (exact) mass is 216 g/mol. The smallest absolute Gasteiger partial charge is 0.101 e. The van der Waals surface area contributed by atoms with Crippen LogP contribution in [0.5, 0.6) is 0 Å². The first-order chi connectivity index (χ1) is 7.60. The van der Waals surface area contributed by atoms with E-state index in [1.165, 1.54) is 0 Å². The van der Waals surface area contributed by atoms with Crippen molar-refractivity contribution >= 4 is 5.69 Å². The van der Waals surface area contributed by atoms with Crippen LogP contribution in [0.2, 0.25) is 0 Å². The predicted molar refractivity (Wildman–Crippen MR) is 68.4 cm³/mol. The summed E-state index contributed by atoms with van der Waals surface area (Å²) in [5, 5.41) is 12.5. The molecule has 0 aliphatic rings. The van der Waals surface area contributed by atoms with E-state index in [1.807, 2.05) is 25.1 Å². The van der Waals surface area contributed by atoms with Crippen LogP contribution in [-0.4, -0.2) is 6.04 Å². The van der Waals surface area contributed by atoms with Crippen molar-refractivity contribution in [3.63, 3.8) is 0 Å². The number of nitriles is 1. The third-order valence-corrected chi connectivity index (χ3v) is 3.26. The van der Waals surface area contributed by atoms with Crippen molar-refractivity contribution < 1.29 is 0 Å². The van der Waals surface area contributed by atoms with Crippen molar-refractivity contribution in [1.82, 2.24) is 0 Å². The number of aryl methyl sites for hydroxylation is 1. The Morgan fingerprint density at radius 2 is 2.06 bits per heavy atom. The maximum absolute atomic E-state index is 9.06. The Kier molecular flexibility index (Phi) is 4.37. The molecule has 0 aliphatic heterocycles. The van der Waals surface area contributed by atoms with Crippen molar-refractivity contribution in [1.29, 1.82) is 5.26 Å². The lowest BCUT2D eigenvalue weighted by Gasteiger charge is -2.22. The molecule has 2 nitrogen and oxygen atoms in total. The molecule has 0 fully saturated rings. The molecule has 1 N–H and O–H groups in total. The van der Waals surface area contributed by atoms with E-state index in [0.717, 1.165) is 23.2 Å². The normalized spacial score (nSPS) is 13.9. The van der Waals surface area contributed by atoms with E-state index in [0.29, 0.717) is 12.0 Å². The molecule has 2 heteroatoms. The number of para-hydroxylation sites is 1. The van der Waals surface area contributed by atoms with Gasteiger partial charge >= 0.3 is 0 Å². The van der Waals surface area contributed by atoms with Gasteiger partial charge in [-0.1, -0.05) is 32.4 Å². The molecule has 0 radical (unpaired) electrons. The summed E-state index contributed by atoms with van der Waals surface area (Å²) in [6.07, 6.45) is 1.14.